The predicted molar refractivity (Wildman–Crippen MR) is 120 cm³/mol. The number of carboxylic acids is 2. The van der Waals surface area contributed by atoms with E-state index < -0.39 is 11.9 Å². The first-order valence-electron chi connectivity index (χ1n) is 9.98. The minimum atomic E-state index is -0.870. The van der Waals surface area contributed by atoms with Crippen molar-refractivity contribution in [3.63, 3.8) is 0 Å². The van der Waals surface area contributed by atoms with Crippen LogP contribution < -0.4 is 5.32 Å². The summed E-state index contributed by atoms with van der Waals surface area (Å²) in [5.41, 5.74) is 4.05. The lowest BCUT2D eigenvalue weighted by Gasteiger charge is -2.32. The van der Waals surface area contributed by atoms with Gasteiger partial charge in [0, 0.05) is 24.8 Å². The molecule has 0 bridgehead atoms. The van der Waals surface area contributed by atoms with Gasteiger partial charge in [0.2, 0.25) is 0 Å². The summed E-state index contributed by atoms with van der Waals surface area (Å²) in [7, 11) is 2.03. The fourth-order valence-corrected chi connectivity index (χ4v) is 4.02. The summed E-state index contributed by atoms with van der Waals surface area (Å²) in [5.74, 6) is -1.33. The highest BCUT2D eigenvalue weighted by Gasteiger charge is 2.27. The standard InChI is InChI=1S/C17H17Cl2N.C6H10O4/c1-20-17-9-7-12(13-4-2-3-5-14(13)17)11-6-8-15(18)16(19)10-11;7-5(8)3-1-2-4-6(9)10/h2-6,8,10,12,17,20H,7,9H2,1H3;1-4H2,(H,7,8)(H,9,10)/t12-,17-;/m0./s1. The van der Waals surface area contributed by atoms with Crippen molar-refractivity contribution in [2.75, 3.05) is 7.05 Å². The summed E-state index contributed by atoms with van der Waals surface area (Å²) in [6.07, 6.45) is 3.28. The van der Waals surface area contributed by atoms with Crippen LogP contribution in [0.5, 0.6) is 0 Å². The maximum absolute atomic E-state index is 9.90. The topological polar surface area (TPSA) is 86.6 Å². The smallest absolute Gasteiger partial charge is 0.303 e. The van der Waals surface area contributed by atoms with Gasteiger partial charge in [-0.15, -0.1) is 0 Å². The summed E-state index contributed by atoms with van der Waals surface area (Å²) in [6.45, 7) is 0. The van der Waals surface area contributed by atoms with Crippen LogP contribution in [0.25, 0.3) is 0 Å². The maximum atomic E-state index is 9.90. The second-order valence-corrected chi connectivity index (χ2v) is 8.08. The van der Waals surface area contributed by atoms with E-state index in [0.717, 1.165) is 12.8 Å². The number of hydrogen-bond acceptors (Lipinski definition) is 3. The van der Waals surface area contributed by atoms with Crippen LogP contribution in [0.4, 0.5) is 0 Å². The van der Waals surface area contributed by atoms with Crippen molar-refractivity contribution < 1.29 is 19.8 Å². The number of aliphatic carboxylic acids is 2. The molecule has 162 valence electrons. The van der Waals surface area contributed by atoms with Gasteiger partial charge >= 0.3 is 11.9 Å². The number of benzene rings is 2. The molecular weight excluding hydrogens is 425 g/mol. The van der Waals surface area contributed by atoms with Gasteiger partial charge in [0.1, 0.15) is 0 Å². The van der Waals surface area contributed by atoms with Crippen LogP contribution in [0.15, 0.2) is 42.5 Å². The van der Waals surface area contributed by atoms with Crippen molar-refractivity contribution in [1.82, 2.24) is 5.32 Å². The van der Waals surface area contributed by atoms with E-state index >= 15 is 0 Å². The molecule has 0 spiro atoms. The summed E-state index contributed by atoms with van der Waals surface area (Å²) < 4.78 is 0. The first kappa shape index (κ1) is 24.2. The van der Waals surface area contributed by atoms with Crippen molar-refractivity contribution in [3.8, 4) is 0 Å². The van der Waals surface area contributed by atoms with Gasteiger partial charge in [-0.1, -0.05) is 53.5 Å². The summed E-state index contributed by atoms with van der Waals surface area (Å²) in [4.78, 5) is 19.8. The zero-order chi connectivity index (χ0) is 22.1. The minimum absolute atomic E-state index is 0.0628. The molecule has 2 atom stereocenters. The van der Waals surface area contributed by atoms with E-state index in [2.05, 4.69) is 35.6 Å². The molecule has 2 aromatic rings. The number of carbonyl (C=O) groups is 2. The Balaban J connectivity index is 0.000000274. The van der Waals surface area contributed by atoms with E-state index in [9.17, 15) is 9.59 Å². The van der Waals surface area contributed by atoms with Crippen LogP contribution in [0, 0.1) is 0 Å². The van der Waals surface area contributed by atoms with Crippen molar-refractivity contribution in [3.05, 3.63) is 69.2 Å². The van der Waals surface area contributed by atoms with E-state index in [-0.39, 0.29) is 12.8 Å². The lowest BCUT2D eigenvalue weighted by atomic mass is 9.77. The third-order valence-corrected chi connectivity index (χ3v) is 5.96. The van der Waals surface area contributed by atoms with Gasteiger partial charge < -0.3 is 15.5 Å². The molecule has 0 fully saturated rings. The van der Waals surface area contributed by atoms with Crippen molar-refractivity contribution in [2.24, 2.45) is 0 Å². The third-order valence-electron chi connectivity index (χ3n) is 5.22. The van der Waals surface area contributed by atoms with Crippen molar-refractivity contribution in [1.29, 1.82) is 0 Å². The van der Waals surface area contributed by atoms with Crippen molar-refractivity contribution >= 4 is 35.1 Å². The van der Waals surface area contributed by atoms with E-state index in [1.807, 2.05) is 19.2 Å². The normalized spacial score (nSPS) is 17.4. The molecule has 1 aliphatic carbocycles. The van der Waals surface area contributed by atoms with Crippen LogP contribution in [-0.4, -0.2) is 29.2 Å². The largest absolute Gasteiger partial charge is 0.481 e. The monoisotopic (exact) mass is 451 g/mol. The predicted octanol–water partition coefficient (Wildman–Crippen LogP) is 5.90. The molecule has 1 aliphatic rings. The van der Waals surface area contributed by atoms with E-state index in [1.165, 1.54) is 16.7 Å². The lowest BCUT2D eigenvalue weighted by molar-refractivity contribution is -0.139. The van der Waals surface area contributed by atoms with Gasteiger partial charge in [-0.2, -0.15) is 0 Å². The Kier molecular flexibility index (Phi) is 9.63. The molecule has 5 nitrogen and oxygen atoms in total. The molecule has 3 N–H and O–H groups in total. The number of fused-ring (bicyclic) bond motifs is 1. The Morgan fingerprint density at radius 2 is 1.53 bits per heavy atom. The van der Waals surface area contributed by atoms with Crippen molar-refractivity contribution in [2.45, 2.75) is 50.5 Å². The average Bonchev–Trinajstić information content (AvgIpc) is 2.73. The summed E-state index contributed by atoms with van der Waals surface area (Å²) in [6, 6.07) is 15.1. The molecule has 0 heterocycles. The van der Waals surface area contributed by atoms with Gasteiger partial charge in [-0.25, -0.2) is 0 Å². The average molecular weight is 452 g/mol. The van der Waals surface area contributed by atoms with Gasteiger partial charge in [0.25, 0.3) is 0 Å². The van der Waals surface area contributed by atoms with Gasteiger partial charge in [0.05, 0.1) is 10.0 Å². The van der Waals surface area contributed by atoms with Crippen LogP contribution in [0.1, 0.15) is 67.2 Å². The number of unbranched alkanes of at least 4 members (excludes halogenated alkanes) is 1. The quantitative estimate of drug-likeness (QED) is 0.456. The molecule has 0 unspecified atom stereocenters. The minimum Gasteiger partial charge on any atom is -0.481 e. The Morgan fingerprint density at radius 1 is 0.933 bits per heavy atom. The molecule has 0 saturated heterocycles. The first-order valence-corrected chi connectivity index (χ1v) is 10.7. The van der Waals surface area contributed by atoms with Gasteiger partial charge in [0.15, 0.2) is 0 Å². The number of hydrogen-bond donors (Lipinski definition) is 3. The van der Waals surface area contributed by atoms with Crippen LogP contribution in [0.3, 0.4) is 0 Å². The molecule has 2 aromatic carbocycles. The molecule has 3 rings (SSSR count). The highest BCUT2D eigenvalue weighted by molar-refractivity contribution is 6.42. The highest BCUT2D eigenvalue weighted by atomic mass is 35.5. The lowest BCUT2D eigenvalue weighted by Crippen LogP contribution is -2.24. The zero-order valence-corrected chi connectivity index (χ0v) is 18.4. The van der Waals surface area contributed by atoms with E-state index in [1.54, 1.807) is 0 Å². The number of nitrogens with one attached hydrogen (secondary N) is 1. The summed E-state index contributed by atoms with van der Waals surface area (Å²) >= 11 is 12.2. The van der Waals surface area contributed by atoms with Crippen LogP contribution in [-0.2, 0) is 9.59 Å². The molecule has 30 heavy (non-hydrogen) atoms. The Labute approximate surface area is 187 Å². The SMILES string of the molecule is CN[C@H]1CC[C@@H](c2ccc(Cl)c(Cl)c2)c2ccccc21.O=C(O)CCCCC(=O)O. The highest BCUT2D eigenvalue weighted by Crippen LogP contribution is 2.42. The fraction of sp³-hybridized carbons (Fsp3) is 0.391. The molecule has 0 amide bonds. The van der Waals surface area contributed by atoms with E-state index in [0.29, 0.717) is 34.8 Å². The zero-order valence-electron chi connectivity index (χ0n) is 16.9. The molecule has 0 aromatic heterocycles. The fourth-order valence-electron chi connectivity index (χ4n) is 3.72. The third kappa shape index (κ3) is 7.01. The molecule has 7 heteroatoms. The number of halogens is 2. The van der Waals surface area contributed by atoms with Gasteiger partial charge in [-0.3, -0.25) is 9.59 Å². The van der Waals surface area contributed by atoms with Crippen LogP contribution >= 0.6 is 23.2 Å². The first-order chi connectivity index (χ1) is 14.3. The van der Waals surface area contributed by atoms with Gasteiger partial charge in [-0.05, 0) is 61.6 Å². The molecule has 0 radical (unpaired) electrons. The maximum Gasteiger partial charge on any atom is 0.303 e. The molecule has 0 aliphatic heterocycles. The Morgan fingerprint density at radius 3 is 2.07 bits per heavy atom. The Bertz CT molecular complexity index is 856. The summed E-state index contributed by atoms with van der Waals surface area (Å²) in [5, 5.41) is 20.9. The number of rotatable bonds is 7. The molecule has 0 saturated carbocycles. The number of carboxylic acid groups (broad SMARTS) is 2. The second-order valence-electron chi connectivity index (χ2n) is 7.27. The van der Waals surface area contributed by atoms with Crippen LogP contribution in [0.2, 0.25) is 10.0 Å². The second kappa shape index (κ2) is 11.9. The van der Waals surface area contributed by atoms with E-state index in [4.69, 9.17) is 33.4 Å². The Hall–Kier alpha value is -2.08. The molecular formula is C23H27Cl2NO4.